The van der Waals surface area contributed by atoms with Crippen LogP contribution < -0.4 is 4.74 Å². The fourth-order valence-electron chi connectivity index (χ4n) is 2.11. The summed E-state index contributed by atoms with van der Waals surface area (Å²) in [5.74, 6) is -0.0171. The highest BCUT2D eigenvalue weighted by Crippen LogP contribution is 2.25. The number of amides is 1. The number of benzene rings is 2. The molecule has 6 nitrogen and oxygen atoms in total. The van der Waals surface area contributed by atoms with Crippen molar-refractivity contribution in [2.24, 2.45) is 0 Å². The minimum Gasteiger partial charge on any atom is -0.497 e. The molecule has 0 spiro atoms. The molecule has 0 aliphatic rings. The minimum absolute atomic E-state index is 0.0165. The Bertz CT molecular complexity index is 686. The van der Waals surface area contributed by atoms with Crippen LogP contribution in [0.15, 0.2) is 48.5 Å². The Balaban J connectivity index is 2.29. The fourth-order valence-corrected chi connectivity index (χ4v) is 2.11. The molecule has 0 fully saturated rings. The molecule has 114 valence electrons. The van der Waals surface area contributed by atoms with Crippen LogP contribution in [-0.2, 0) is 6.54 Å². The maximum absolute atomic E-state index is 12.5. The molecule has 0 N–H and O–H groups in total. The lowest BCUT2D eigenvalue weighted by Crippen LogP contribution is -2.26. The van der Waals surface area contributed by atoms with Crippen LogP contribution in [0, 0.1) is 10.1 Å². The van der Waals surface area contributed by atoms with Gasteiger partial charge in [0.15, 0.2) is 0 Å². The summed E-state index contributed by atoms with van der Waals surface area (Å²) in [5, 5.41) is 11.1. The molecule has 22 heavy (non-hydrogen) atoms. The SMILES string of the molecule is COc1ccc([N+](=O)[O-])c(C(=O)N(C)Cc2ccccc2)c1. The van der Waals surface area contributed by atoms with E-state index in [1.807, 2.05) is 30.3 Å². The molecule has 0 aromatic heterocycles. The van der Waals surface area contributed by atoms with Gasteiger partial charge in [0.1, 0.15) is 11.3 Å². The summed E-state index contributed by atoms with van der Waals surface area (Å²) < 4.78 is 5.04. The van der Waals surface area contributed by atoms with Gasteiger partial charge >= 0.3 is 0 Å². The van der Waals surface area contributed by atoms with E-state index in [4.69, 9.17) is 4.74 Å². The third kappa shape index (κ3) is 3.41. The number of hydrogen-bond acceptors (Lipinski definition) is 4. The van der Waals surface area contributed by atoms with Gasteiger partial charge in [0.25, 0.3) is 11.6 Å². The minimum atomic E-state index is -0.566. The van der Waals surface area contributed by atoms with Crippen molar-refractivity contribution in [1.29, 1.82) is 0 Å². The first kappa shape index (κ1) is 15.5. The highest BCUT2D eigenvalue weighted by Gasteiger charge is 2.23. The molecule has 0 aliphatic carbocycles. The van der Waals surface area contributed by atoms with Crippen molar-refractivity contribution in [1.82, 2.24) is 4.90 Å². The number of carbonyl (C=O) groups is 1. The van der Waals surface area contributed by atoms with E-state index in [1.54, 1.807) is 7.05 Å². The molecular weight excluding hydrogens is 284 g/mol. The average Bonchev–Trinajstić information content (AvgIpc) is 2.54. The molecule has 2 rings (SSSR count). The van der Waals surface area contributed by atoms with Gasteiger partial charge in [-0.05, 0) is 17.7 Å². The second-order valence-electron chi connectivity index (χ2n) is 4.79. The van der Waals surface area contributed by atoms with Gasteiger partial charge in [-0.2, -0.15) is 0 Å². The van der Waals surface area contributed by atoms with Gasteiger partial charge < -0.3 is 9.64 Å². The Labute approximate surface area is 128 Å². The zero-order valence-corrected chi connectivity index (χ0v) is 12.4. The van der Waals surface area contributed by atoms with Crippen LogP contribution in [0.2, 0.25) is 0 Å². The molecule has 1 amide bonds. The van der Waals surface area contributed by atoms with E-state index in [1.165, 1.54) is 30.2 Å². The quantitative estimate of drug-likeness (QED) is 0.628. The molecule has 0 saturated carbocycles. The van der Waals surface area contributed by atoms with Crippen LogP contribution >= 0.6 is 0 Å². The molecule has 0 unspecified atom stereocenters. The summed E-state index contributed by atoms with van der Waals surface area (Å²) in [7, 11) is 3.06. The lowest BCUT2D eigenvalue weighted by molar-refractivity contribution is -0.385. The molecule has 2 aromatic rings. The Hall–Kier alpha value is -2.89. The van der Waals surface area contributed by atoms with E-state index in [0.29, 0.717) is 12.3 Å². The number of ether oxygens (including phenoxy) is 1. The lowest BCUT2D eigenvalue weighted by Gasteiger charge is -2.17. The van der Waals surface area contributed by atoms with Gasteiger partial charge in [-0.25, -0.2) is 0 Å². The number of nitro benzene ring substituents is 1. The van der Waals surface area contributed by atoms with E-state index in [2.05, 4.69) is 0 Å². The average molecular weight is 300 g/mol. The Morgan fingerprint density at radius 3 is 2.50 bits per heavy atom. The zero-order valence-electron chi connectivity index (χ0n) is 12.4. The van der Waals surface area contributed by atoms with E-state index in [9.17, 15) is 14.9 Å². The number of nitro groups is 1. The topological polar surface area (TPSA) is 72.7 Å². The Morgan fingerprint density at radius 1 is 1.23 bits per heavy atom. The highest BCUT2D eigenvalue weighted by atomic mass is 16.6. The number of methoxy groups -OCH3 is 1. The zero-order chi connectivity index (χ0) is 16.1. The summed E-state index contributed by atoms with van der Waals surface area (Å²) >= 11 is 0. The molecule has 0 aliphatic heterocycles. The lowest BCUT2D eigenvalue weighted by atomic mass is 10.1. The van der Waals surface area contributed by atoms with Gasteiger partial charge in [-0.15, -0.1) is 0 Å². The molecule has 0 saturated heterocycles. The predicted octanol–water partition coefficient (Wildman–Crippen LogP) is 2.88. The van der Waals surface area contributed by atoms with Crippen LogP contribution in [0.1, 0.15) is 15.9 Å². The van der Waals surface area contributed by atoms with Crippen LogP contribution in [-0.4, -0.2) is 29.9 Å². The molecular formula is C16H16N2O4. The van der Waals surface area contributed by atoms with E-state index >= 15 is 0 Å². The van der Waals surface area contributed by atoms with Crippen molar-refractivity contribution in [3.05, 3.63) is 69.8 Å². The van der Waals surface area contributed by atoms with Crippen LogP contribution in [0.5, 0.6) is 5.75 Å². The third-order valence-electron chi connectivity index (χ3n) is 3.24. The van der Waals surface area contributed by atoms with Gasteiger partial charge in [-0.1, -0.05) is 30.3 Å². The van der Waals surface area contributed by atoms with Crippen molar-refractivity contribution in [3.63, 3.8) is 0 Å². The molecule has 2 aromatic carbocycles. The monoisotopic (exact) mass is 300 g/mol. The summed E-state index contributed by atoms with van der Waals surface area (Å²) in [5.41, 5.74) is 0.734. The normalized spacial score (nSPS) is 10.1. The Morgan fingerprint density at radius 2 is 1.91 bits per heavy atom. The van der Waals surface area contributed by atoms with Crippen molar-refractivity contribution < 1.29 is 14.5 Å². The fraction of sp³-hybridized carbons (Fsp3) is 0.188. The van der Waals surface area contributed by atoms with Crippen molar-refractivity contribution in [2.75, 3.05) is 14.2 Å². The van der Waals surface area contributed by atoms with E-state index < -0.39 is 10.8 Å². The van der Waals surface area contributed by atoms with Crippen molar-refractivity contribution >= 4 is 11.6 Å². The molecule has 0 radical (unpaired) electrons. The standard InChI is InChI=1S/C16H16N2O4/c1-17(11-12-6-4-3-5-7-12)16(19)14-10-13(22-2)8-9-15(14)18(20)21/h3-10H,11H2,1-2H3. The van der Waals surface area contributed by atoms with Gasteiger partial charge in [-0.3, -0.25) is 14.9 Å². The maximum atomic E-state index is 12.5. The number of rotatable bonds is 5. The summed E-state index contributed by atoms with van der Waals surface area (Å²) in [6.45, 7) is 0.369. The summed E-state index contributed by atoms with van der Waals surface area (Å²) in [6, 6.07) is 13.6. The first-order chi connectivity index (χ1) is 10.5. The summed E-state index contributed by atoms with van der Waals surface area (Å²) in [6.07, 6.45) is 0. The van der Waals surface area contributed by atoms with Crippen LogP contribution in [0.25, 0.3) is 0 Å². The van der Waals surface area contributed by atoms with E-state index in [-0.39, 0.29) is 11.3 Å². The molecule has 0 atom stereocenters. The van der Waals surface area contributed by atoms with Gasteiger partial charge in [0.2, 0.25) is 0 Å². The second kappa shape index (κ2) is 6.71. The van der Waals surface area contributed by atoms with E-state index in [0.717, 1.165) is 5.56 Å². The number of hydrogen-bond donors (Lipinski definition) is 0. The highest BCUT2D eigenvalue weighted by molar-refractivity contribution is 5.98. The van der Waals surface area contributed by atoms with Crippen molar-refractivity contribution in [3.8, 4) is 5.75 Å². The van der Waals surface area contributed by atoms with Gasteiger partial charge in [0.05, 0.1) is 12.0 Å². The molecule has 6 heteroatoms. The maximum Gasteiger partial charge on any atom is 0.282 e. The first-order valence-corrected chi connectivity index (χ1v) is 6.64. The first-order valence-electron chi connectivity index (χ1n) is 6.64. The number of carbonyl (C=O) groups excluding carboxylic acids is 1. The van der Waals surface area contributed by atoms with Crippen LogP contribution in [0.3, 0.4) is 0 Å². The van der Waals surface area contributed by atoms with Gasteiger partial charge in [0, 0.05) is 19.7 Å². The molecule has 0 heterocycles. The van der Waals surface area contributed by atoms with Crippen LogP contribution in [0.4, 0.5) is 5.69 Å². The summed E-state index contributed by atoms with van der Waals surface area (Å²) in [4.78, 5) is 24.5. The smallest absolute Gasteiger partial charge is 0.282 e. The predicted molar refractivity (Wildman–Crippen MR) is 81.9 cm³/mol. The van der Waals surface area contributed by atoms with Crippen molar-refractivity contribution in [2.45, 2.75) is 6.54 Å². The molecule has 0 bridgehead atoms. The Kier molecular flexibility index (Phi) is 4.73. The second-order valence-corrected chi connectivity index (χ2v) is 4.79. The largest absolute Gasteiger partial charge is 0.497 e. The third-order valence-corrected chi connectivity index (χ3v) is 3.24. The number of nitrogens with zero attached hydrogens (tertiary/aromatic N) is 2.